The molecule has 0 bridgehead atoms. The van der Waals surface area contributed by atoms with Crippen LogP contribution < -0.4 is 10.0 Å². The molecule has 11 nitrogen and oxygen atoms in total. The number of halogens is 3. The largest absolute Gasteiger partial charge is 0.468 e. The zero-order valence-corrected chi connectivity index (χ0v) is 19.6. The van der Waals surface area contributed by atoms with Crippen LogP contribution in [-0.2, 0) is 32.3 Å². The molecule has 0 aliphatic heterocycles. The predicted molar refractivity (Wildman–Crippen MR) is 121 cm³/mol. The summed E-state index contributed by atoms with van der Waals surface area (Å²) in [7, 11) is -3.93. The normalized spacial score (nSPS) is 12.5. The van der Waals surface area contributed by atoms with Crippen LogP contribution in [0.25, 0.3) is 0 Å². The number of alkyl halides is 3. The highest BCUT2D eigenvalue weighted by atomic mass is 32.2. The molecule has 15 heteroatoms. The number of sulfonamides is 1. The Balaban J connectivity index is 1.65. The summed E-state index contributed by atoms with van der Waals surface area (Å²) in [6, 6.07) is 9.44. The Morgan fingerprint density at radius 2 is 1.81 bits per heavy atom. The number of ether oxygens (including phenoxy) is 1. The zero-order chi connectivity index (χ0) is 27.4. The number of amides is 1. The number of hydrogen-bond donors (Lipinski definition) is 2. The average Bonchev–Trinajstić information content (AvgIpc) is 3.36. The third-order valence-corrected chi connectivity index (χ3v) is 6.26. The van der Waals surface area contributed by atoms with E-state index in [-0.39, 0.29) is 23.1 Å². The number of nitro groups is 1. The standard InChI is InChI=1S/C22H18F3N3O8S/c1-13(20(29)27-19-9-6-15(28(31)32)11-18(19)22(23,24)25)36-21(30)14-4-7-17(8-5-14)37(33,34)26-12-16-3-2-10-35-16/h2-11,13,26H,12H2,1H3,(H,27,29)/t13-/m1/s1. The number of esters is 1. The van der Waals surface area contributed by atoms with Gasteiger partial charge >= 0.3 is 12.1 Å². The molecule has 0 radical (unpaired) electrons. The lowest BCUT2D eigenvalue weighted by Crippen LogP contribution is -2.31. The maximum atomic E-state index is 13.3. The molecule has 0 saturated carbocycles. The molecule has 0 unspecified atom stereocenters. The molecule has 1 aromatic heterocycles. The first-order valence-electron chi connectivity index (χ1n) is 10.3. The smallest absolute Gasteiger partial charge is 0.418 e. The van der Waals surface area contributed by atoms with Gasteiger partial charge in [-0.05, 0) is 49.4 Å². The van der Waals surface area contributed by atoms with Crippen LogP contribution in [0.1, 0.15) is 28.6 Å². The van der Waals surface area contributed by atoms with Gasteiger partial charge in [0.15, 0.2) is 6.10 Å². The Bertz CT molecular complexity index is 1410. The Labute approximate surface area is 207 Å². The molecule has 196 valence electrons. The van der Waals surface area contributed by atoms with Crippen molar-refractivity contribution in [3.8, 4) is 0 Å². The molecular formula is C22H18F3N3O8S. The first-order valence-corrected chi connectivity index (χ1v) is 11.8. The second kappa shape index (κ2) is 10.8. The highest BCUT2D eigenvalue weighted by molar-refractivity contribution is 7.89. The topological polar surface area (TPSA) is 158 Å². The van der Waals surface area contributed by atoms with E-state index in [1.807, 2.05) is 5.32 Å². The number of nitrogens with zero attached hydrogens (tertiary/aromatic N) is 1. The summed E-state index contributed by atoms with van der Waals surface area (Å²) in [5.74, 6) is -1.80. The van der Waals surface area contributed by atoms with Crippen LogP contribution in [0.15, 0.2) is 70.2 Å². The average molecular weight is 541 g/mol. The lowest BCUT2D eigenvalue weighted by Gasteiger charge is -2.17. The number of rotatable bonds is 9. The number of anilines is 1. The number of hydrogen-bond acceptors (Lipinski definition) is 8. The molecule has 0 fully saturated rings. The molecule has 1 heterocycles. The van der Waals surface area contributed by atoms with Crippen LogP contribution in [0.5, 0.6) is 0 Å². The van der Waals surface area contributed by atoms with Gasteiger partial charge in [0.1, 0.15) is 5.76 Å². The number of non-ortho nitro benzene ring substituents is 1. The van der Waals surface area contributed by atoms with Crippen LogP contribution in [0.4, 0.5) is 24.5 Å². The molecule has 37 heavy (non-hydrogen) atoms. The van der Waals surface area contributed by atoms with Gasteiger partial charge in [-0.2, -0.15) is 13.2 Å². The Morgan fingerprint density at radius 3 is 2.38 bits per heavy atom. The van der Waals surface area contributed by atoms with Gasteiger partial charge in [-0.1, -0.05) is 0 Å². The van der Waals surface area contributed by atoms with Crippen LogP contribution in [0.3, 0.4) is 0 Å². The van der Waals surface area contributed by atoms with Crippen molar-refractivity contribution >= 4 is 33.3 Å². The van der Waals surface area contributed by atoms with Gasteiger partial charge in [-0.15, -0.1) is 0 Å². The van der Waals surface area contributed by atoms with Gasteiger partial charge in [-0.25, -0.2) is 17.9 Å². The Hall–Kier alpha value is -4.24. The summed E-state index contributed by atoms with van der Waals surface area (Å²) < 4.78 is 77.0. The maximum absolute atomic E-state index is 13.3. The molecule has 0 saturated heterocycles. The molecule has 0 spiro atoms. The van der Waals surface area contributed by atoms with E-state index >= 15 is 0 Å². The van der Waals surface area contributed by atoms with Crippen LogP contribution in [-0.4, -0.2) is 31.3 Å². The summed E-state index contributed by atoms with van der Waals surface area (Å²) in [4.78, 5) is 34.3. The summed E-state index contributed by atoms with van der Waals surface area (Å²) in [6.07, 6.45) is -5.20. The van der Waals surface area contributed by atoms with Crippen molar-refractivity contribution in [2.24, 2.45) is 0 Å². The number of benzene rings is 2. The first-order chi connectivity index (χ1) is 17.3. The van der Waals surface area contributed by atoms with Crippen molar-refractivity contribution in [2.75, 3.05) is 5.32 Å². The number of carbonyl (C=O) groups excluding carboxylic acids is 2. The molecule has 2 aromatic carbocycles. The maximum Gasteiger partial charge on any atom is 0.418 e. The van der Waals surface area contributed by atoms with E-state index < -0.39 is 56.0 Å². The van der Waals surface area contributed by atoms with Crippen LogP contribution in [0, 0.1) is 10.1 Å². The Morgan fingerprint density at radius 1 is 1.14 bits per heavy atom. The number of furan rings is 1. The fourth-order valence-electron chi connectivity index (χ4n) is 2.94. The highest BCUT2D eigenvalue weighted by Crippen LogP contribution is 2.37. The third-order valence-electron chi connectivity index (χ3n) is 4.85. The van der Waals surface area contributed by atoms with Crippen LogP contribution >= 0.6 is 0 Å². The predicted octanol–water partition coefficient (Wildman–Crippen LogP) is 3.87. The van der Waals surface area contributed by atoms with Gasteiger partial charge < -0.3 is 14.5 Å². The highest BCUT2D eigenvalue weighted by Gasteiger charge is 2.36. The monoisotopic (exact) mass is 541 g/mol. The molecule has 0 aliphatic rings. The summed E-state index contributed by atoms with van der Waals surface area (Å²) in [6.45, 7) is 1.000. The van der Waals surface area contributed by atoms with E-state index in [0.717, 1.165) is 37.3 Å². The summed E-state index contributed by atoms with van der Waals surface area (Å²) in [5, 5.41) is 12.7. The molecular weight excluding hydrogens is 523 g/mol. The van der Waals surface area contributed by atoms with Crippen molar-refractivity contribution < 1.29 is 45.3 Å². The minimum absolute atomic E-state index is 0.101. The van der Waals surface area contributed by atoms with Gasteiger partial charge in [-0.3, -0.25) is 14.9 Å². The number of nitrogens with one attached hydrogen (secondary N) is 2. The Kier molecular flexibility index (Phi) is 7.98. The van der Waals surface area contributed by atoms with Gasteiger partial charge in [0.05, 0.1) is 39.4 Å². The number of carbonyl (C=O) groups is 2. The molecule has 1 atom stereocenters. The van der Waals surface area contributed by atoms with E-state index in [1.165, 1.54) is 6.26 Å². The molecule has 2 N–H and O–H groups in total. The van der Waals surface area contributed by atoms with Crippen molar-refractivity contribution in [2.45, 2.75) is 30.6 Å². The fraction of sp³-hybridized carbons (Fsp3) is 0.182. The number of nitro benzene ring substituents is 1. The minimum atomic E-state index is -5.01. The van der Waals surface area contributed by atoms with Crippen LogP contribution in [0.2, 0.25) is 0 Å². The SMILES string of the molecule is C[C@@H](OC(=O)c1ccc(S(=O)(=O)NCc2ccco2)cc1)C(=O)Nc1ccc([N+](=O)[O-])cc1C(F)(F)F. The lowest BCUT2D eigenvalue weighted by atomic mass is 10.1. The van der Waals surface area contributed by atoms with E-state index in [1.54, 1.807) is 12.1 Å². The van der Waals surface area contributed by atoms with Gasteiger partial charge in [0.2, 0.25) is 10.0 Å². The van der Waals surface area contributed by atoms with Crippen molar-refractivity contribution in [3.63, 3.8) is 0 Å². The lowest BCUT2D eigenvalue weighted by molar-refractivity contribution is -0.385. The van der Waals surface area contributed by atoms with E-state index in [4.69, 9.17) is 9.15 Å². The van der Waals surface area contributed by atoms with Crippen molar-refractivity contribution in [1.82, 2.24) is 4.72 Å². The fourth-order valence-corrected chi connectivity index (χ4v) is 3.93. The first kappa shape index (κ1) is 27.3. The minimum Gasteiger partial charge on any atom is -0.468 e. The second-order valence-electron chi connectivity index (χ2n) is 7.45. The quantitative estimate of drug-likeness (QED) is 0.235. The van der Waals surface area contributed by atoms with Gasteiger partial charge in [0, 0.05) is 12.1 Å². The van der Waals surface area contributed by atoms with E-state index in [0.29, 0.717) is 11.8 Å². The second-order valence-corrected chi connectivity index (χ2v) is 9.22. The summed E-state index contributed by atoms with van der Waals surface area (Å²) >= 11 is 0. The summed E-state index contributed by atoms with van der Waals surface area (Å²) in [5.41, 5.74) is -3.17. The molecule has 0 aliphatic carbocycles. The van der Waals surface area contributed by atoms with Crippen molar-refractivity contribution in [1.29, 1.82) is 0 Å². The van der Waals surface area contributed by atoms with E-state index in [9.17, 15) is 41.3 Å². The van der Waals surface area contributed by atoms with Gasteiger partial charge in [0.25, 0.3) is 11.6 Å². The molecule has 1 amide bonds. The molecule has 3 rings (SSSR count). The zero-order valence-electron chi connectivity index (χ0n) is 18.8. The third kappa shape index (κ3) is 6.92. The van der Waals surface area contributed by atoms with Crippen molar-refractivity contribution in [3.05, 3.63) is 87.9 Å². The molecule has 3 aromatic rings. The van der Waals surface area contributed by atoms with E-state index in [2.05, 4.69) is 4.72 Å².